The molecule has 3 aromatic heterocycles. The molecule has 0 aliphatic heterocycles. The normalized spacial score (nSPS) is 11.0. The number of fused-ring (bicyclic) bond motifs is 1. The molecule has 0 unspecified atom stereocenters. The quantitative estimate of drug-likeness (QED) is 0.785. The SMILES string of the molecule is Cc1ccsc1CNc1nc2c(C)cccn2n1. The first kappa shape index (κ1) is 11.2. The van der Waals surface area contributed by atoms with E-state index in [1.165, 1.54) is 10.4 Å². The molecule has 0 saturated heterocycles. The Labute approximate surface area is 109 Å². The second-order valence-electron chi connectivity index (χ2n) is 4.28. The smallest absolute Gasteiger partial charge is 0.243 e. The Morgan fingerprint density at radius 3 is 2.89 bits per heavy atom. The minimum Gasteiger partial charge on any atom is -0.348 e. The van der Waals surface area contributed by atoms with Crippen LogP contribution >= 0.6 is 11.3 Å². The van der Waals surface area contributed by atoms with E-state index in [0.717, 1.165) is 17.8 Å². The summed E-state index contributed by atoms with van der Waals surface area (Å²) < 4.78 is 1.80. The fourth-order valence-corrected chi connectivity index (χ4v) is 2.70. The molecule has 0 radical (unpaired) electrons. The van der Waals surface area contributed by atoms with Gasteiger partial charge >= 0.3 is 0 Å². The highest BCUT2D eigenvalue weighted by Gasteiger charge is 2.06. The fourth-order valence-electron chi connectivity index (χ4n) is 1.86. The van der Waals surface area contributed by atoms with Gasteiger partial charge in [0.15, 0.2) is 5.65 Å². The van der Waals surface area contributed by atoms with Gasteiger partial charge in [-0.15, -0.1) is 16.4 Å². The predicted molar refractivity (Wildman–Crippen MR) is 74.1 cm³/mol. The van der Waals surface area contributed by atoms with Crippen molar-refractivity contribution < 1.29 is 0 Å². The molecule has 3 rings (SSSR count). The number of anilines is 1. The third-order valence-corrected chi connectivity index (χ3v) is 3.96. The van der Waals surface area contributed by atoms with Gasteiger partial charge in [0.2, 0.25) is 5.95 Å². The van der Waals surface area contributed by atoms with Gasteiger partial charge in [0, 0.05) is 11.1 Å². The molecule has 0 spiro atoms. The standard InChI is InChI=1S/C13H14N4S/c1-9-5-7-18-11(9)8-14-13-15-12-10(2)4-3-6-17(12)16-13/h3-7H,8H2,1-2H3,(H,14,16). The van der Waals surface area contributed by atoms with Gasteiger partial charge in [-0.1, -0.05) is 6.07 Å². The van der Waals surface area contributed by atoms with Crippen molar-refractivity contribution >= 4 is 22.9 Å². The molecule has 0 amide bonds. The molecular formula is C13H14N4S. The van der Waals surface area contributed by atoms with Crippen molar-refractivity contribution in [3.63, 3.8) is 0 Å². The maximum absolute atomic E-state index is 4.49. The summed E-state index contributed by atoms with van der Waals surface area (Å²) in [5.41, 5.74) is 3.35. The summed E-state index contributed by atoms with van der Waals surface area (Å²) in [7, 11) is 0. The summed E-state index contributed by atoms with van der Waals surface area (Å²) in [4.78, 5) is 5.81. The number of aryl methyl sites for hydroxylation is 2. The van der Waals surface area contributed by atoms with Gasteiger partial charge in [-0.25, -0.2) is 4.52 Å². The first-order valence-electron chi connectivity index (χ1n) is 5.83. The van der Waals surface area contributed by atoms with E-state index in [-0.39, 0.29) is 0 Å². The average Bonchev–Trinajstić information content (AvgIpc) is 2.93. The lowest BCUT2D eigenvalue weighted by Gasteiger charge is -1.99. The molecule has 1 N–H and O–H groups in total. The van der Waals surface area contributed by atoms with Crippen LogP contribution in [0.25, 0.3) is 5.65 Å². The zero-order valence-electron chi connectivity index (χ0n) is 10.3. The largest absolute Gasteiger partial charge is 0.348 e. The van der Waals surface area contributed by atoms with E-state index in [0.29, 0.717) is 5.95 Å². The van der Waals surface area contributed by atoms with Gasteiger partial charge in [-0.2, -0.15) is 4.98 Å². The van der Waals surface area contributed by atoms with E-state index >= 15 is 0 Å². The van der Waals surface area contributed by atoms with Gasteiger partial charge in [0.05, 0.1) is 6.54 Å². The Bertz CT molecular complexity index is 683. The lowest BCUT2D eigenvalue weighted by molar-refractivity contribution is 0.947. The Morgan fingerprint density at radius 2 is 2.17 bits per heavy atom. The van der Waals surface area contributed by atoms with Crippen molar-refractivity contribution in [3.8, 4) is 0 Å². The highest BCUT2D eigenvalue weighted by molar-refractivity contribution is 7.10. The summed E-state index contributed by atoms with van der Waals surface area (Å²) in [6.45, 7) is 4.94. The summed E-state index contributed by atoms with van der Waals surface area (Å²) >= 11 is 1.75. The molecule has 0 aromatic carbocycles. The van der Waals surface area contributed by atoms with Gasteiger partial charge < -0.3 is 5.32 Å². The Kier molecular flexibility index (Phi) is 2.76. The van der Waals surface area contributed by atoms with Crippen LogP contribution in [0.3, 0.4) is 0 Å². The van der Waals surface area contributed by atoms with Crippen molar-refractivity contribution in [3.05, 3.63) is 45.8 Å². The van der Waals surface area contributed by atoms with Crippen LogP contribution in [0.5, 0.6) is 0 Å². The van der Waals surface area contributed by atoms with Crippen LogP contribution < -0.4 is 5.32 Å². The van der Waals surface area contributed by atoms with Crippen LogP contribution in [-0.4, -0.2) is 14.6 Å². The van der Waals surface area contributed by atoms with Crippen molar-refractivity contribution in [1.82, 2.24) is 14.6 Å². The maximum atomic E-state index is 4.49. The number of pyridine rings is 1. The molecule has 0 aliphatic carbocycles. The lowest BCUT2D eigenvalue weighted by Crippen LogP contribution is -2.00. The molecule has 5 heteroatoms. The summed E-state index contributed by atoms with van der Waals surface area (Å²) in [5, 5.41) is 9.78. The van der Waals surface area contributed by atoms with Crippen molar-refractivity contribution in [2.75, 3.05) is 5.32 Å². The van der Waals surface area contributed by atoms with E-state index in [1.807, 2.05) is 25.3 Å². The molecule has 4 nitrogen and oxygen atoms in total. The molecule has 0 fully saturated rings. The summed E-state index contributed by atoms with van der Waals surface area (Å²) in [5.74, 6) is 0.678. The Morgan fingerprint density at radius 1 is 1.28 bits per heavy atom. The third kappa shape index (κ3) is 1.97. The van der Waals surface area contributed by atoms with Crippen molar-refractivity contribution in [2.24, 2.45) is 0 Å². The number of nitrogens with zero attached hydrogens (tertiary/aromatic N) is 3. The highest BCUT2D eigenvalue weighted by Crippen LogP contribution is 2.17. The minimum absolute atomic E-state index is 0.678. The topological polar surface area (TPSA) is 42.2 Å². The first-order chi connectivity index (χ1) is 8.74. The van der Waals surface area contributed by atoms with Crippen LogP contribution in [0.2, 0.25) is 0 Å². The minimum atomic E-state index is 0.678. The molecule has 0 bridgehead atoms. The van der Waals surface area contributed by atoms with Crippen LogP contribution in [0.1, 0.15) is 16.0 Å². The second-order valence-corrected chi connectivity index (χ2v) is 5.28. The van der Waals surface area contributed by atoms with Gasteiger partial charge in [-0.05, 0) is 42.5 Å². The van der Waals surface area contributed by atoms with E-state index in [4.69, 9.17) is 0 Å². The van der Waals surface area contributed by atoms with Crippen molar-refractivity contribution in [1.29, 1.82) is 0 Å². The molecule has 3 heterocycles. The number of nitrogens with one attached hydrogen (secondary N) is 1. The third-order valence-electron chi connectivity index (χ3n) is 2.93. The van der Waals surface area contributed by atoms with Gasteiger partial charge in [0.1, 0.15) is 0 Å². The predicted octanol–water partition coefficient (Wildman–Crippen LogP) is 3.02. The van der Waals surface area contributed by atoms with E-state index in [2.05, 4.69) is 33.8 Å². The fraction of sp³-hybridized carbons (Fsp3) is 0.231. The zero-order chi connectivity index (χ0) is 12.5. The van der Waals surface area contributed by atoms with Crippen LogP contribution in [0, 0.1) is 13.8 Å². The highest BCUT2D eigenvalue weighted by atomic mass is 32.1. The number of hydrogen-bond acceptors (Lipinski definition) is 4. The second kappa shape index (κ2) is 4.42. The molecule has 3 aromatic rings. The molecular weight excluding hydrogens is 244 g/mol. The Hall–Kier alpha value is -1.88. The van der Waals surface area contributed by atoms with E-state index in [9.17, 15) is 0 Å². The molecule has 0 aliphatic rings. The van der Waals surface area contributed by atoms with Gasteiger partial charge in [-0.3, -0.25) is 0 Å². The molecule has 92 valence electrons. The van der Waals surface area contributed by atoms with Crippen LogP contribution in [0.15, 0.2) is 29.8 Å². The Balaban J connectivity index is 1.83. The molecule has 18 heavy (non-hydrogen) atoms. The van der Waals surface area contributed by atoms with E-state index in [1.54, 1.807) is 15.9 Å². The van der Waals surface area contributed by atoms with Crippen LogP contribution in [0.4, 0.5) is 5.95 Å². The number of hydrogen-bond donors (Lipinski definition) is 1. The summed E-state index contributed by atoms with van der Waals surface area (Å²) in [6.07, 6.45) is 1.91. The van der Waals surface area contributed by atoms with Crippen molar-refractivity contribution in [2.45, 2.75) is 20.4 Å². The van der Waals surface area contributed by atoms with Gasteiger partial charge in [0.25, 0.3) is 0 Å². The zero-order valence-corrected chi connectivity index (χ0v) is 11.2. The average molecular weight is 258 g/mol. The van der Waals surface area contributed by atoms with E-state index < -0.39 is 0 Å². The first-order valence-corrected chi connectivity index (χ1v) is 6.71. The number of thiophene rings is 1. The number of rotatable bonds is 3. The molecule has 0 atom stereocenters. The lowest BCUT2D eigenvalue weighted by atomic mass is 10.3. The summed E-state index contributed by atoms with van der Waals surface area (Å²) in [6, 6.07) is 6.14. The van der Waals surface area contributed by atoms with Crippen LogP contribution in [-0.2, 0) is 6.54 Å². The maximum Gasteiger partial charge on any atom is 0.243 e. The monoisotopic (exact) mass is 258 g/mol. The molecule has 0 saturated carbocycles. The number of aromatic nitrogens is 3.